The molecule has 0 spiro atoms. The summed E-state index contributed by atoms with van der Waals surface area (Å²) >= 11 is 0. The highest BCUT2D eigenvalue weighted by molar-refractivity contribution is 5.81. The fourth-order valence-electron chi connectivity index (χ4n) is 3.73. The molecule has 0 bridgehead atoms. The van der Waals surface area contributed by atoms with Crippen LogP contribution in [0.25, 0.3) is 0 Å². The summed E-state index contributed by atoms with van der Waals surface area (Å²) in [4.78, 5) is 32.9. The van der Waals surface area contributed by atoms with Gasteiger partial charge >= 0.3 is 0 Å². The lowest BCUT2D eigenvalue weighted by Gasteiger charge is -2.39. The molecule has 1 aromatic heterocycles. The van der Waals surface area contributed by atoms with Gasteiger partial charge in [-0.15, -0.1) is 0 Å². The second-order valence-corrected chi connectivity index (χ2v) is 6.27. The van der Waals surface area contributed by atoms with E-state index in [-0.39, 0.29) is 30.5 Å². The van der Waals surface area contributed by atoms with Gasteiger partial charge in [-0.25, -0.2) is 0 Å². The zero-order valence-corrected chi connectivity index (χ0v) is 13.7. The maximum atomic E-state index is 12.4. The molecular formula is C17H23N3O3. The summed E-state index contributed by atoms with van der Waals surface area (Å²) < 4.78 is 4.97. The van der Waals surface area contributed by atoms with Crippen molar-refractivity contribution in [1.82, 2.24) is 14.8 Å². The van der Waals surface area contributed by atoms with Crippen LogP contribution in [-0.2, 0) is 20.9 Å². The smallest absolute Gasteiger partial charge is 0.248 e. The molecule has 23 heavy (non-hydrogen) atoms. The van der Waals surface area contributed by atoms with Crippen molar-refractivity contribution < 1.29 is 14.3 Å². The lowest BCUT2D eigenvalue weighted by Crippen LogP contribution is -2.53. The molecular weight excluding hydrogens is 294 g/mol. The van der Waals surface area contributed by atoms with Gasteiger partial charge in [-0.05, 0) is 31.9 Å². The predicted octanol–water partition coefficient (Wildman–Crippen LogP) is 1.13. The number of amides is 2. The Morgan fingerprint density at radius 2 is 2.17 bits per heavy atom. The van der Waals surface area contributed by atoms with Crippen molar-refractivity contribution >= 4 is 11.8 Å². The van der Waals surface area contributed by atoms with Crippen LogP contribution in [0.2, 0.25) is 0 Å². The highest BCUT2D eigenvalue weighted by Gasteiger charge is 2.44. The summed E-state index contributed by atoms with van der Waals surface area (Å²) in [6, 6.07) is 6.07. The Hall–Kier alpha value is -1.95. The van der Waals surface area contributed by atoms with Crippen LogP contribution in [0.1, 0.15) is 30.7 Å². The molecule has 0 N–H and O–H groups in total. The zero-order valence-electron chi connectivity index (χ0n) is 13.7. The Bertz CT molecular complexity index is 605. The van der Waals surface area contributed by atoms with Crippen LogP contribution in [0.5, 0.6) is 0 Å². The molecule has 2 amide bonds. The number of fused-ring (bicyclic) bond motifs is 1. The SMILES string of the molecule is COCC(=O)N1CC[C@@H]2[C@H]1CCC(=O)N2Cc1cccc(C)n1. The lowest BCUT2D eigenvalue weighted by atomic mass is 9.96. The summed E-state index contributed by atoms with van der Waals surface area (Å²) in [7, 11) is 1.53. The third-order valence-electron chi connectivity index (χ3n) is 4.75. The van der Waals surface area contributed by atoms with E-state index in [2.05, 4.69) is 4.98 Å². The van der Waals surface area contributed by atoms with Gasteiger partial charge in [-0.2, -0.15) is 0 Å². The number of ether oxygens (including phenoxy) is 1. The van der Waals surface area contributed by atoms with Gasteiger partial charge in [-0.3, -0.25) is 14.6 Å². The van der Waals surface area contributed by atoms with Crippen LogP contribution in [0, 0.1) is 6.92 Å². The number of aryl methyl sites for hydroxylation is 1. The molecule has 124 valence electrons. The zero-order chi connectivity index (χ0) is 16.4. The lowest BCUT2D eigenvalue weighted by molar-refractivity contribution is -0.144. The fraction of sp³-hybridized carbons (Fsp3) is 0.588. The van der Waals surface area contributed by atoms with Gasteiger partial charge in [0.15, 0.2) is 0 Å². The van der Waals surface area contributed by atoms with E-state index in [0.717, 1.165) is 24.2 Å². The Balaban J connectivity index is 1.75. The third kappa shape index (κ3) is 3.22. The largest absolute Gasteiger partial charge is 0.375 e. The molecule has 2 fully saturated rings. The van der Waals surface area contributed by atoms with Crippen molar-refractivity contribution in [1.29, 1.82) is 0 Å². The van der Waals surface area contributed by atoms with Gasteiger partial charge in [0, 0.05) is 25.8 Å². The minimum atomic E-state index is 0.0166. The first-order chi connectivity index (χ1) is 11.1. The van der Waals surface area contributed by atoms with Gasteiger partial charge in [0.1, 0.15) is 6.61 Å². The summed E-state index contributed by atoms with van der Waals surface area (Å²) in [5.41, 5.74) is 1.85. The number of hydrogen-bond acceptors (Lipinski definition) is 4. The summed E-state index contributed by atoms with van der Waals surface area (Å²) in [5, 5.41) is 0. The summed E-state index contributed by atoms with van der Waals surface area (Å²) in [6.45, 7) is 3.28. The Morgan fingerprint density at radius 1 is 1.35 bits per heavy atom. The number of pyridine rings is 1. The van der Waals surface area contributed by atoms with Crippen LogP contribution < -0.4 is 0 Å². The first kappa shape index (κ1) is 15.9. The highest BCUT2D eigenvalue weighted by Crippen LogP contribution is 2.32. The molecule has 2 aliphatic heterocycles. The predicted molar refractivity (Wildman–Crippen MR) is 84.5 cm³/mol. The van der Waals surface area contributed by atoms with Crippen LogP contribution in [0.3, 0.4) is 0 Å². The summed E-state index contributed by atoms with van der Waals surface area (Å²) in [5.74, 6) is 0.179. The molecule has 0 aromatic carbocycles. The number of likely N-dealkylation sites (tertiary alicyclic amines) is 2. The normalized spacial score (nSPS) is 24.0. The molecule has 6 nitrogen and oxygen atoms in total. The van der Waals surface area contributed by atoms with Gasteiger partial charge in [-0.1, -0.05) is 6.07 Å². The number of hydrogen-bond donors (Lipinski definition) is 0. The number of methoxy groups -OCH3 is 1. The van der Waals surface area contributed by atoms with E-state index in [4.69, 9.17) is 4.74 Å². The van der Waals surface area contributed by atoms with Gasteiger partial charge < -0.3 is 14.5 Å². The van der Waals surface area contributed by atoms with E-state index in [9.17, 15) is 9.59 Å². The minimum absolute atomic E-state index is 0.0166. The van der Waals surface area contributed by atoms with Gasteiger partial charge in [0.2, 0.25) is 11.8 Å². The molecule has 1 aromatic rings. The minimum Gasteiger partial charge on any atom is -0.375 e. The van der Waals surface area contributed by atoms with Crippen LogP contribution in [-0.4, -0.2) is 58.9 Å². The molecule has 0 unspecified atom stereocenters. The number of nitrogens with zero attached hydrogens (tertiary/aromatic N) is 3. The van der Waals surface area contributed by atoms with Gasteiger partial charge in [0.05, 0.1) is 24.3 Å². The number of rotatable bonds is 4. The van der Waals surface area contributed by atoms with Crippen LogP contribution in [0.15, 0.2) is 18.2 Å². The molecule has 3 rings (SSSR count). The van der Waals surface area contributed by atoms with E-state index in [0.29, 0.717) is 19.5 Å². The first-order valence-corrected chi connectivity index (χ1v) is 8.10. The number of carbonyl (C=O) groups is 2. The Labute approximate surface area is 136 Å². The summed E-state index contributed by atoms with van der Waals surface area (Å²) in [6.07, 6.45) is 2.07. The average Bonchev–Trinajstić information content (AvgIpc) is 2.95. The fourth-order valence-corrected chi connectivity index (χ4v) is 3.73. The van der Waals surface area contributed by atoms with Crippen molar-refractivity contribution in [2.45, 2.75) is 44.8 Å². The average molecular weight is 317 g/mol. The maximum absolute atomic E-state index is 12.4. The van der Waals surface area contributed by atoms with Crippen molar-refractivity contribution in [3.63, 3.8) is 0 Å². The van der Waals surface area contributed by atoms with Gasteiger partial charge in [0.25, 0.3) is 0 Å². The van der Waals surface area contributed by atoms with Crippen molar-refractivity contribution in [3.05, 3.63) is 29.6 Å². The Morgan fingerprint density at radius 3 is 2.91 bits per heavy atom. The molecule has 2 saturated heterocycles. The monoisotopic (exact) mass is 317 g/mol. The molecule has 6 heteroatoms. The molecule has 2 atom stereocenters. The van der Waals surface area contributed by atoms with E-state index in [1.165, 1.54) is 7.11 Å². The van der Waals surface area contributed by atoms with Crippen molar-refractivity contribution in [3.8, 4) is 0 Å². The highest BCUT2D eigenvalue weighted by atomic mass is 16.5. The van der Waals surface area contributed by atoms with E-state index in [1.807, 2.05) is 34.9 Å². The van der Waals surface area contributed by atoms with Crippen LogP contribution >= 0.6 is 0 Å². The molecule has 0 aliphatic carbocycles. The van der Waals surface area contributed by atoms with E-state index < -0.39 is 0 Å². The van der Waals surface area contributed by atoms with Crippen molar-refractivity contribution in [2.24, 2.45) is 0 Å². The second-order valence-electron chi connectivity index (χ2n) is 6.27. The van der Waals surface area contributed by atoms with E-state index in [1.54, 1.807) is 0 Å². The van der Waals surface area contributed by atoms with E-state index >= 15 is 0 Å². The third-order valence-corrected chi connectivity index (χ3v) is 4.75. The topological polar surface area (TPSA) is 62.7 Å². The molecule has 3 heterocycles. The molecule has 0 saturated carbocycles. The second kappa shape index (κ2) is 6.66. The molecule has 2 aliphatic rings. The number of aromatic nitrogens is 1. The Kier molecular flexibility index (Phi) is 4.61. The quantitative estimate of drug-likeness (QED) is 0.835. The number of piperidine rings is 1. The van der Waals surface area contributed by atoms with Crippen molar-refractivity contribution in [2.75, 3.05) is 20.3 Å². The number of carbonyl (C=O) groups excluding carboxylic acids is 2. The van der Waals surface area contributed by atoms with Crippen LogP contribution in [0.4, 0.5) is 0 Å². The molecule has 0 radical (unpaired) electrons. The first-order valence-electron chi connectivity index (χ1n) is 8.10. The standard InChI is InChI=1S/C17H23N3O3/c1-12-4-3-5-13(18-12)10-20-15-8-9-19(17(22)11-23-2)14(15)6-7-16(20)21/h3-5,14-15H,6-11H2,1-2H3/t14-,15-/m1/s1. The maximum Gasteiger partial charge on any atom is 0.248 e.